The van der Waals surface area contributed by atoms with Crippen LogP contribution in [0.3, 0.4) is 0 Å². The van der Waals surface area contributed by atoms with Gasteiger partial charge in [-0.15, -0.1) is 0 Å². The average Bonchev–Trinajstić information content (AvgIpc) is 2.94. The van der Waals surface area contributed by atoms with Crippen molar-refractivity contribution in [2.24, 2.45) is 0 Å². The summed E-state index contributed by atoms with van der Waals surface area (Å²) in [5, 5.41) is 10.6. The molecule has 1 N–H and O–H groups in total. The standard InChI is InChI=1S/C24H38O4.C10H9N/c1-3-5-7-9-11-13-15-20-16-17-21(23(25)26)22(19-20)24(27)28-18-14-12-10-8-6-4-2;1-8-4-5-10-9(7-8)3-2-6-11-10/h16-17,19H,3-15,18H2,1-2H3,(H,25,26);2-7H,1H3. The van der Waals surface area contributed by atoms with Gasteiger partial charge in [0.1, 0.15) is 0 Å². The quantitative estimate of drug-likeness (QED) is 0.147. The highest BCUT2D eigenvalue weighted by Crippen LogP contribution is 2.17. The highest BCUT2D eigenvalue weighted by Gasteiger charge is 2.18. The molecule has 1 aromatic heterocycles. The van der Waals surface area contributed by atoms with Crippen molar-refractivity contribution in [3.8, 4) is 0 Å². The predicted molar refractivity (Wildman–Crippen MR) is 161 cm³/mol. The van der Waals surface area contributed by atoms with Crippen molar-refractivity contribution in [1.29, 1.82) is 0 Å². The maximum absolute atomic E-state index is 12.4. The van der Waals surface area contributed by atoms with Crippen molar-refractivity contribution in [3.63, 3.8) is 0 Å². The number of pyridine rings is 1. The third-order valence-corrected chi connectivity index (χ3v) is 6.84. The Morgan fingerprint density at radius 3 is 2.13 bits per heavy atom. The zero-order valence-electron chi connectivity index (χ0n) is 24.2. The lowest BCUT2D eigenvalue weighted by atomic mass is 9.99. The summed E-state index contributed by atoms with van der Waals surface area (Å²) in [7, 11) is 0. The molecule has 2 aromatic carbocycles. The minimum absolute atomic E-state index is 0.0274. The molecule has 212 valence electrons. The van der Waals surface area contributed by atoms with E-state index in [-0.39, 0.29) is 11.1 Å². The van der Waals surface area contributed by atoms with Crippen LogP contribution in [-0.4, -0.2) is 28.6 Å². The molecule has 5 nitrogen and oxygen atoms in total. The summed E-state index contributed by atoms with van der Waals surface area (Å²) < 4.78 is 5.35. The Hall–Kier alpha value is -3.21. The van der Waals surface area contributed by atoms with Crippen molar-refractivity contribution in [1.82, 2.24) is 4.98 Å². The Kier molecular flexibility index (Phi) is 15.5. The lowest BCUT2D eigenvalue weighted by Gasteiger charge is -2.10. The van der Waals surface area contributed by atoms with Gasteiger partial charge in [-0.2, -0.15) is 0 Å². The van der Waals surface area contributed by atoms with Crippen LogP contribution in [0.2, 0.25) is 0 Å². The number of aromatic carboxylic acids is 1. The maximum atomic E-state index is 12.4. The molecule has 0 aliphatic heterocycles. The fourth-order valence-electron chi connectivity index (χ4n) is 4.53. The number of unbranched alkanes of at least 4 members (excludes halogenated alkanes) is 10. The molecule has 39 heavy (non-hydrogen) atoms. The molecule has 0 spiro atoms. The second-order valence-corrected chi connectivity index (χ2v) is 10.3. The van der Waals surface area contributed by atoms with Crippen LogP contribution in [0.1, 0.15) is 123 Å². The van der Waals surface area contributed by atoms with Crippen LogP contribution in [0.5, 0.6) is 0 Å². The smallest absolute Gasteiger partial charge is 0.339 e. The summed E-state index contributed by atoms with van der Waals surface area (Å²) in [4.78, 5) is 28.1. The third-order valence-electron chi connectivity index (χ3n) is 6.84. The van der Waals surface area contributed by atoms with E-state index in [9.17, 15) is 14.7 Å². The van der Waals surface area contributed by atoms with Gasteiger partial charge in [-0.3, -0.25) is 4.98 Å². The van der Waals surface area contributed by atoms with E-state index in [2.05, 4.69) is 44.0 Å². The SMILES string of the molecule is CCCCCCCCOC(=O)c1cc(CCCCCCCC)ccc1C(=O)O.Cc1ccc2ncccc2c1. The Morgan fingerprint density at radius 2 is 1.44 bits per heavy atom. The molecule has 5 heteroatoms. The molecule has 0 fully saturated rings. The molecule has 0 saturated heterocycles. The van der Waals surface area contributed by atoms with E-state index in [1.807, 2.05) is 24.4 Å². The van der Waals surface area contributed by atoms with E-state index in [1.165, 1.54) is 68.4 Å². The largest absolute Gasteiger partial charge is 0.478 e. The lowest BCUT2D eigenvalue weighted by molar-refractivity contribution is 0.0487. The molecule has 0 aliphatic carbocycles. The van der Waals surface area contributed by atoms with Crippen LogP contribution in [0.25, 0.3) is 10.9 Å². The molecule has 3 rings (SSSR count). The molecule has 3 aromatic rings. The number of aryl methyl sites for hydroxylation is 2. The summed E-state index contributed by atoms with van der Waals surface area (Å²) in [6, 6.07) is 15.4. The number of ether oxygens (including phenoxy) is 1. The summed E-state index contributed by atoms with van der Waals surface area (Å²) in [5.41, 5.74) is 3.57. The first-order valence-corrected chi connectivity index (χ1v) is 14.8. The molecule has 0 atom stereocenters. The van der Waals surface area contributed by atoms with Crippen molar-refractivity contribution in [2.45, 2.75) is 104 Å². The van der Waals surface area contributed by atoms with Crippen molar-refractivity contribution >= 4 is 22.8 Å². The predicted octanol–water partition coefficient (Wildman–Crippen LogP) is 9.35. The number of carboxylic acids is 1. The molecule has 0 unspecified atom stereocenters. The van der Waals surface area contributed by atoms with Crippen LogP contribution in [-0.2, 0) is 11.2 Å². The first kappa shape index (κ1) is 32.0. The number of benzene rings is 2. The monoisotopic (exact) mass is 533 g/mol. The molecular weight excluding hydrogens is 486 g/mol. The number of rotatable bonds is 16. The van der Waals surface area contributed by atoms with Gasteiger partial charge in [-0.05, 0) is 62.1 Å². The maximum Gasteiger partial charge on any atom is 0.339 e. The number of fused-ring (bicyclic) bond motifs is 1. The van der Waals surface area contributed by atoms with Crippen molar-refractivity contribution in [2.75, 3.05) is 6.61 Å². The molecule has 1 heterocycles. The fraction of sp³-hybridized carbons (Fsp3) is 0.500. The van der Waals surface area contributed by atoms with Gasteiger partial charge in [0.05, 0.1) is 23.3 Å². The topological polar surface area (TPSA) is 76.5 Å². The lowest BCUT2D eigenvalue weighted by Crippen LogP contribution is -2.13. The number of carboxylic acid groups (broad SMARTS) is 1. The van der Waals surface area contributed by atoms with E-state index >= 15 is 0 Å². The van der Waals surface area contributed by atoms with Gasteiger partial charge in [0.2, 0.25) is 0 Å². The molecular formula is C34H47NO4. The summed E-state index contributed by atoms with van der Waals surface area (Å²) >= 11 is 0. The van der Waals surface area contributed by atoms with E-state index in [4.69, 9.17) is 4.74 Å². The van der Waals surface area contributed by atoms with Crippen molar-refractivity contribution in [3.05, 3.63) is 77.0 Å². The summed E-state index contributed by atoms with van der Waals surface area (Å²) in [6.07, 6.45) is 16.6. The Morgan fingerprint density at radius 1 is 0.769 bits per heavy atom. The molecule has 0 aliphatic rings. The van der Waals surface area contributed by atoms with Gasteiger partial charge < -0.3 is 9.84 Å². The highest BCUT2D eigenvalue weighted by molar-refractivity contribution is 6.02. The van der Waals surface area contributed by atoms with Gasteiger partial charge >= 0.3 is 11.9 Å². The number of aromatic nitrogens is 1. The van der Waals surface area contributed by atoms with E-state index in [0.29, 0.717) is 6.61 Å². The summed E-state index contributed by atoms with van der Waals surface area (Å²) in [6.45, 7) is 6.83. The zero-order valence-corrected chi connectivity index (χ0v) is 24.2. The van der Waals surface area contributed by atoms with Crippen LogP contribution < -0.4 is 0 Å². The van der Waals surface area contributed by atoms with E-state index in [1.54, 1.807) is 6.07 Å². The minimum Gasteiger partial charge on any atom is -0.478 e. The number of carbonyl (C=O) groups is 2. The van der Waals surface area contributed by atoms with Gasteiger partial charge in [0.15, 0.2) is 0 Å². The minimum atomic E-state index is -1.09. The van der Waals surface area contributed by atoms with Gasteiger partial charge in [-0.1, -0.05) is 102 Å². The van der Waals surface area contributed by atoms with E-state index in [0.717, 1.165) is 43.2 Å². The third kappa shape index (κ3) is 12.5. The Balaban J connectivity index is 0.000000397. The van der Waals surface area contributed by atoms with Crippen LogP contribution >= 0.6 is 0 Å². The first-order valence-electron chi connectivity index (χ1n) is 14.8. The zero-order chi connectivity index (χ0) is 28.3. The number of esters is 1. The average molecular weight is 534 g/mol. The highest BCUT2D eigenvalue weighted by atomic mass is 16.5. The summed E-state index contributed by atoms with van der Waals surface area (Å²) in [5.74, 6) is -1.60. The van der Waals surface area contributed by atoms with Gasteiger partial charge in [0.25, 0.3) is 0 Å². The van der Waals surface area contributed by atoms with E-state index < -0.39 is 11.9 Å². The van der Waals surface area contributed by atoms with Crippen LogP contribution in [0.15, 0.2) is 54.7 Å². The fourth-order valence-corrected chi connectivity index (χ4v) is 4.53. The molecule has 0 radical (unpaired) electrons. The van der Waals surface area contributed by atoms with Gasteiger partial charge in [0, 0.05) is 11.6 Å². The number of hydrogen-bond donors (Lipinski definition) is 1. The molecule has 0 amide bonds. The molecule has 0 bridgehead atoms. The van der Waals surface area contributed by atoms with Crippen molar-refractivity contribution < 1.29 is 19.4 Å². The van der Waals surface area contributed by atoms with Crippen LogP contribution in [0, 0.1) is 6.92 Å². The Labute approximate surface area is 235 Å². The molecule has 0 saturated carbocycles. The van der Waals surface area contributed by atoms with Gasteiger partial charge in [-0.25, -0.2) is 9.59 Å². The second kappa shape index (κ2) is 18.9. The second-order valence-electron chi connectivity index (χ2n) is 10.3. The number of nitrogens with zero attached hydrogens (tertiary/aromatic N) is 1. The van der Waals surface area contributed by atoms with Crippen LogP contribution in [0.4, 0.5) is 0 Å². The first-order chi connectivity index (χ1) is 19.0. The normalized spacial score (nSPS) is 10.6. The number of carbonyl (C=O) groups excluding carboxylic acids is 1. The number of hydrogen-bond acceptors (Lipinski definition) is 4. The Bertz CT molecular complexity index is 1140.